The molecule has 0 radical (unpaired) electrons. The van der Waals surface area contributed by atoms with Gasteiger partial charge in [-0.15, -0.1) is 5.10 Å². The van der Waals surface area contributed by atoms with E-state index in [2.05, 4.69) is 52.6 Å². The second-order valence-electron chi connectivity index (χ2n) is 7.38. The van der Waals surface area contributed by atoms with Crippen LogP contribution in [0.4, 0.5) is 0 Å². The Morgan fingerprint density at radius 1 is 1.37 bits per heavy atom. The number of aromatic nitrogens is 3. The van der Waals surface area contributed by atoms with Crippen molar-refractivity contribution in [1.29, 1.82) is 0 Å². The first-order chi connectivity index (χ1) is 13.1. The van der Waals surface area contributed by atoms with Gasteiger partial charge in [-0.3, -0.25) is 9.69 Å². The van der Waals surface area contributed by atoms with Crippen LogP contribution >= 0.6 is 0 Å². The summed E-state index contributed by atoms with van der Waals surface area (Å²) < 4.78 is 1.83. The lowest BCUT2D eigenvalue weighted by atomic mass is 10.0. The second-order valence-corrected chi connectivity index (χ2v) is 7.38. The van der Waals surface area contributed by atoms with E-state index in [1.54, 1.807) is 6.20 Å². The lowest BCUT2D eigenvalue weighted by Crippen LogP contribution is -2.36. The van der Waals surface area contributed by atoms with Gasteiger partial charge in [0, 0.05) is 26.2 Å². The summed E-state index contributed by atoms with van der Waals surface area (Å²) in [7, 11) is 0. The van der Waals surface area contributed by atoms with Gasteiger partial charge in [-0.2, -0.15) is 0 Å². The van der Waals surface area contributed by atoms with E-state index < -0.39 is 0 Å². The Morgan fingerprint density at radius 3 is 3.04 bits per heavy atom. The Bertz CT molecular complexity index is 773. The molecular weight excluding hydrogens is 342 g/mol. The number of piperidine rings is 1. The molecule has 0 saturated carbocycles. The highest BCUT2D eigenvalue weighted by atomic mass is 16.3. The number of hydrogen-bond acceptors (Lipinski definition) is 5. The summed E-state index contributed by atoms with van der Waals surface area (Å²) in [5, 5.41) is 19.8. The minimum absolute atomic E-state index is 0.0608. The van der Waals surface area contributed by atoms with Crippen LogP contribution in [-0.2, 0) is 6.54 Å². The van der Waals surface area contributed by atoms with Crippen LogP contribution in [0.2, 0.25) is 0 Å². The fraction of sp³-hybridized carbons (Fsp3) is 0.550. The SMILES string of the molecule is Cc1ccc(C)c(CN2CCC[C@H](n3cc(C(=O)NCCCO)nn3)C2)c1. The van der Waals surface area contributed by atoms with Crippen molar-refractivity contribution in [3.8, 4) is 0 Å². The minimum Gasteiger partial charge on any atom is -0.396 e. The molecule has 0 aliphatic carbocycles. The van der Waals surface area contributed by atoms with E-state index in [1.807, 2.05) is 4.68 Å². The van der Waals surface area contributed by atoms with Crippen LogP contribution in [0.5, 0.6) is 0 Å². The molecule has 0 unspecified atom stereocenters. The number of nitrogens with one attached hydrogen (secondary N) is 1. The first-order valence-corrected chi connectivity index (χ1v) is 9.66. The zero-order valence-corrected chi connectivity index (χ0v) is 16.2. The van der Waals surface area contributed by atoms with Crippen LogP contribution < -0.4 is 5.32 Å². The lowest BCUT2D eigenvalue weighted by molar-refractivity contribution is 0.0946. The average molecular weight is 371 g/mol. The van der Waals surface area contributed by atoms with Gasteiger partial charge in [0.15, 0.2) is 5.69 Å². The topological polar surface area (TPSA) is 83.3 Å². The highest BCUT2D eigenvalue weighted by Crippen LogP contribution is 2.23. The summed E-state index contributed by atoms with van der Waals surface area (Å²) in [4.78, 5) is 14.5. The number of rotatable bonds is 7. The second kappa shape index (κ2) is 9.10. The molecule has 0 bridgehead atoms. The third kappa shape index (κ3) is 5.14. The zero-order valence-electron chi connectivity index (χ0n) is 16.2. The monoisotopic (exact) mass is 371 g/mol. The lowest BCUT2D eigenvalue weighted by Gasteiger charge is -2.33. The highest BCUT2D eigenvalue weighted by molar-refractivity contribution is 5.91. The molecule has 146 valence electrons. The molecule has 1 atom stereocenters. The molecule has 1 aliphatic rings. The van der Waals surface area contributed by atoms with Crippen molar-refractivity contribution >= 4 is 5.91 Å². The number of hydrogen-bond donors (Lipinski definition) is 2. The summed E-state index contributed by atoms with van der Waals surface area (Å²) in [6, 6.07) is 6.84. The molecule has 1 fully saturated rings. The summed E-state index contributed by atoms with van der Waals surface area (Å²) in [5.74, 6) is -0.238. The van der Waals surface area contributed by atoms with Gasteiger partial charge in [-0.1, -0.05) is 29.0 Å². The fourth-order valence-electron chi connectivity index (χ4n) is 3.53. The van der Waals surface area contributed by atoms with E-state index in [0.717, 1.165) is 32.5 Å². The Balaban J connectivity index is 1.61. The number of carbonyl (C=O) groups excluding carboxylic acids is 1. The average Bonchev–Trinajstić information content (AvgIpc) is 3.15. The number of benzene rings is 1. The molecule has 0 spiro atoms. The normalized spacial score (nSPS) is 17.8. The van der Waals surface area contributed by atoms with E-state index in [0.29, 0.717) is 18.7 Å². The molecule has 7 nitrogen and oxygen atoms in total. The highest BCUT2D eigenvalue weighted by Gasteiger charge is 2.23. The molecule has 1 saturated heterocycles. The van der Waals surface area contributed by atoms with E-state index >= 15 is 0 Å². The van der Waals surface area contributed by atoms with E-state index in [-0.39, 0.29) is 18.6 Å². The molecular formula is C20H29N5O2. The number of aliphatic hydroxyl groups is 1. The Labute approximate surface area is 160 Å². The van der Waals surface area contributed by atoms with Crippen molar-refractivity contribution in [1.82, 2.24) is 25.2 Å². The van der Waals surface area contributed by atoms with E-state index in [9.17, 15) is 4.79 Å². The third-order valence-electron chi connectivity index (χ3n) is 5.12. The maximum absolute atomic E-state index is 12.1. The molecule has 3 rings (SSSR count). The van der Waals surface area contributed by atoms with Gasteiger partial charge in [-0.05, 0) is 50.8 Å². The van der Waals surface area contributed by atoms with Gasteiger partial charge >= 0.3 is 0 Å². The first kappa shape index (κ1) is 19.5. The minimum atomic E-state index is -0.238. The number of aliphatic hydroxyl groups excluding tert-OH is 1. The molecule has 7 heteroatoms. The molecule has 1 amide bonds. The predicted molar refractivity (Wildman–Crippen MR) is 104 cm³/mol. The van der Waals surface area contributed by atoms with Gasteiger partial charge in [-0.25, -0.2) is 4.68 Å². The summed E-state index contributed by atoms with van der Waals surface area (Å²) in [6.07, 6.45) is 4.42. The van der Waals surface area contributed by atoms with E-state index in [1.165, 1.54) is 16.7 Å². The zero-order chi connectivity index (χ0) is 19.2. The van der Waals surface area contributed by atoms with Gasteiger partial charge in [0.2, 0.25) is 0 Å². The Kier molecular flexibility index (Phi) is 6.58. The van der Waals surface area contributed by atoms with E-state index in [4.69, 9.17) is 5.11 Å². The van der Waals surface area contributed by atoms with Crippen LogP contribution in [0, 0.1) is 13.8 Å². The van der Waals surface area contributed by atoms with Gasteiger partial charge in [0.05, 0.1) is 12.2 Å². The Morgan fingerprint density at radius 2 is 2.22 bits per heavy atom. The molecule has 2 heterocycles. The van der Waals surface area contributed by atoms with Gasteiger partial charge in [0.1, 0.15) is 0 Å². The summed E-state index contributed by atoms with van der Waals surface area (Å²) in [6.45, 7) is 7.71. The van der Waals surface area contributed by atoms with Crippen LogP contribution in [0.1, 0.15) is 52.5 Å². The van der Waals surface area contributed by atoms with Crippen LogP contribution in [0.25, 0.3) is 0 Å². The molecule has 27 heavy (non-hydrogen) atoms. The maximum Gasteiger partial charge on any atom is 0.273 e. The van der Waals surface area contributed by atoms with Crippen LogP contribution in [-0.4, -0.2) is 57.1 Å². The van der Waals surface area contributed by atoms with Crippen LogP contribution in [0.15, 0.2) is 24.4 Å². The summed E-state index contributed by atoms with van der Waals surface area (Å²) >= 11 is 0. The standard InChI is InChI=1S/C20H29N5O2/c1-15-6-7-16(2)17(11-15)12-24-9-3-5-18(13-24)25-14-19(22-23-25)20(27)21-8-4-10-26/h6-7,11,14,18,26H,3-5,8-10,12-13H2,1-2H3,(H,21,27)/t18-/m0/s1. The number of amides is 1. The third-order valence-corrected chi connectivity index (χ3v) is 5.12. The predicted octanol–water partition coefficient (Wildman–Crippen LogP) is 1.84. The largest absolute Gasteiger partial charge is 0.396 e. The van der Waals surface area contributed by atoms with Gasteiger partial charge in [0.25, 0.3) is 5.91 Å². The van der Waals surface area contributed by atoms with Crippen LogP contribution in [0.3, 0.4) is 0 Å². The smallest absolute Gasteiger partial charge is 0.273 e. The van der Waals surface area contributed by atoms with Crippen molar-refractivity contribution in [2.45, 2.75) is 45.7 Å². The first-order valence-electron chi connectivity index (χ1n) is 9.66. The number of likely N-dealkylation sites (tertiary alicyclic amines) is 1. The van der Waals surface area contributed by atoms with Gasteiger partial charge < -0.3 is 10.4 Å². The molecule has 2 N–H and O–H groups in total. The number of aryl methyl sites for hydroxylation is 2. The van der Waals surface area contributed by atoms with Crippen molar-refractivity contribution in [2.24, 2.45) is 0 Å². The quantitative estimate of drug-likeness (QED) is 0.726. The molecule has 1 aliphatic heterocycles. The number of carbonyl (C=O) groups is 1. The molecule has 1 aromatic heterocycles. The van der Waals surface area contributed by atoms with Crippen molar-refractivity contribution < 1.29 is 9.90 Å². The maximum atomic E-state index is 12.1. The molecule has 1 aromatic carbocycles. The Hall–Kier alpha value is -2.25. The fourth-order valence-corrected chi connectivity index (χ4v) is 3.53. The molecule has 2 aromatic rings. The van der Waals surface area contributed by atoms with Crippen molar-refractivity contribution in [3.05, 3.63) is 46.8 Å². The van der Waals surface area contributed by atoms with Crippen molar-refractivity contribution in [3.63, 3.8) is 0 Å². The number of nitrogens with zero attached hydrogens (tertiary/aromatic N) is 4. The summed E-state index contributed by atoms with van der Waals surface area (Å²) in [5.41, 5.74) is 4.32. The van der Waals surface area contributed by atoms with Crippen molar-refractivity contribution in [2.75, 3.05) is 26.2 Å².